The van der Waals surface area contributed by atoms with Crippen molar-refractivity contribution >= 4 is 29.5 Å². The fourth-order valence-corrected chi connectivity index (χ4v) is 2.09. The number of thioether (sulfide) groups is 1. The Bertz CT molecular complexity index is 494. The minimum atomic E-state index is -0.411. The number of carbonyl (C=O) groups excluding carboxylic acids is 3. The van der Waals surface area contributed by atoms with E-state index in [1.807, 2.05) is 6.26 Å². The Kier molecular flexibility index (Phi) is 4.21. The molecule has 0 fully saturated rings. The lowest BCUT2D eigenvalue weighted by Gasteiger charge is -2.12. The average molecular weight is 279 g/mol. The number of amides is 2. The highest BCUT2D eigenvalue weighted by Gasteiger charge is 2.34. The fourth-order valence-electron chi connectivity index (χ4n) is 1.84. The number of ether oxygens (including phenoxy) is 1. The number of carbonyl (C=O) groups is 3. The van der Waals surface area contributed by atoms with Crippen LogP contribution in [0.15, 0.2) is 24.3 Å². The van der Waals surface area contributed by atoms with E-state index in [4.69, 9.17) is 4.74 Å². The van der Waals surface area contributed by atoms with Crippen molar-refractivity contribution in [2.24, 2.45) is 0 Å². The molecule has 0 spiro atoms. The summed E-state index contributed by atoms with van der Waals surface area (Å²) in [6, 6.07) is 6.64. The van der Waals surface area contributed by atoms with Crippen LogP contribution in [-0.2, 0) is 9.53 Å². The first kappa shape index (κ1) is 13.6. The van der Waals surface area contributed by atoms with E-state index in [1.54, 1.807) is 24.3 Å². The molecule has 0 atom stereocenters. The number of rotatable bonds is 5. The van der Waals surface area contributed by atoms with Gasteiger partial charge in [0, 0.05) is 6.54 Å². The summed E-state index contributed by atoms with van der Waals surface area (Å²) in [5, 5.41) is 0. The van der Waals surface area contributed by atoms with Gasteiger partial charge in [-0.1, -0.05) is 12.1 Å². The fraction of sp³-hybridized carbons (Fsp3) is 0.308. The van der Waals surface area contributed by atoms with Crippen molar-refractivity contribution < 1.29 is 19.1 Å². The number of esters is 1. The van der Waals surface area contributed by atoms with E-state index in [9.17, 15) is 14.4 Å². The second-order valence-corrected chi connectivity index (χ2v) is 4.79. The van der Waals surface area contributed by atoms with Gasteiger partial charge in [-0.3, -0.25) is 19.3 Å². The molecule has 0 bridgehead atoms. The maximum atomic E-state index is 12.0. The molecular formula is C13H13NO4S. The zero-order valence-electron chi connectivity index (χ0n) is 10.4. The summed E-state index contributed by atoms with van der Waals surface area (Å²) in [6.07, 6.45) is 1.84. The van der Waals surface area contributed by atoms with Gasteiger partial charge in [-0.05, 0) is 18.4 Å². The van der Waals surface area contributed by atoms with Gasteiger partial charge < -0.3 is 4.74 Å². The maximum Gasteiger partial charge on any atom is 0.308 e. The molecule has 6 heteroatoms. The molecule has 0 aliphatic carbocycles. The third-order valence-electron chi connectivity index (χ3n) is 2.76. The molecule has 1 aromatic rings. The van der Waals surface area contributed by atoms with Gasteiger partial charge in [-0.15, -0.1) is 11.8 Å². The van der Waals surface area contributed by atoms with Crippen molar-refractivity contribution in [1.82, 2.24) is 4.90 Å². The van der Waals surface area contributed by atoms with Gasteiger partial charge in [0.25, 0.3) is 11.8 Å². The molecule has 0 saturated heterocycles. The minimum absolute atomic E-state index is 0.0199. The molecular weight excluding hydrogens is 266 g/mol. The van der Waals surface area contributed by atoms with E-state index in [2.05, 4.69) is 0 Å². The van der Waals surface area contributed by atoms with Crippen molar-refractivity contribution in [3.8, 4) is 0 Å². The van der Waals surface area contributed by atoms with E-state index < -0.39 is 5.97 Å². The topological polar surface area (TPSA) is 63.7 Å². The SMILES string of the molecule is CSCOC(=O)CCN1C(=O)c2ccccc2C1=O. The molecule has 1 heterocycles. The number of hydrogen-bond donors (Lipinski definition) is 0. The molecule has 5 nitrogen and oxygen atoms in total. The summed E-state index contributed by atoms with van der Waals surface area (Å²) < 4.78 is 4.87. The highest BCUT2D eigenvalue weighted by Crippen LogP contribution is 2.22. The smallest absolute Gasteiger partial charge is 0.308 e. The molecule has 0 unspecified atom stereocenters. The molecule has 0 aromatic heterocycles. The van der Waals surface area contributed by atoms with Gasteiger partial charge in [-0.2, -0.15) is 0 Å². The molecule has 1 aliphatic heterocycles. The Morgan fingerprint density at radius 1 is 1.21 bits per heavy atom. The van der Waals surface area contributed by atoms with E-state index in [1.165, 1.54) is 11.8 Å². The number of nitrogens with zero attached hydrogens (tertiary/aromatic N) is 1. The maximum absolute atomic E-state index is 12.0. The Labute approximate surface area is 114 Å². The van der Waals surface area contributed by atoms with Gasteiger partial charge in [0.15, 0.2) is 0 Å². The molecule has 1 aromatic carbocycles. The van der Waals surface area contributed by atoms with Gasteiger partial charge in [0.1, 0.15) is 5.94 Å². The van der Waals surface area contributed by atoms with Gasteiger partial charge in [0.2, 0.25) is 0 Å². The summed E-state index contributed by atoms with van der Waals surface area (Å²) in [6.45, 7) is 0.0551. The highest BCUT2D eigenvalue weighted by atomic mass is 32.2. The van der Waals surface area contributed by atoms with E-state index in [-0.39, 0.29) is 30.7 Å². The average Bonchev–Trinajstić information content (AvgIpc) is 2.67. The largest absolute Gasteiger partial charge is 0.455 e. The third kappa shape index (κ3) is 2.78. The molecule has 19 heavy (non-hydrogen) atoms. The van der Waals surface area contributed by atoms with Crippen LogP contribution in [0.25, 0.3) is 0 Å². The zero-order chi connectivity index (χ0) is 13.8. The molecule has 0 saturated carbocycles. The monoisotopic (exact) mass is 279 g/mol. The lowest BCUT2D eigenvalue weighted by atomic mass is 10.1. The Balaban J connectivity index is 1.99. The Morgan fingerprint density at radius 2 is 1.79 bits per heavy atom. The first-order valence-corrected chi connectivity index (χ1v) is 7.14. The summed E-state index contributed by atoms with van der Waals surface area (Å²) in [5.41, 5.74) is 0.787. The van der Waals surface area contributed by atoms with Crippen LogP contribution < -0.4 is 0 Å². The lowest BCUT2D eigenvalue weighted by Crippen LogP contribution is -2.32. The van der Waals surface area contributed by atoms with Crippen molar-refractivity contribution in [3.63, 3.8) is 0 Å². The quantitative estimate of drug-likeness (QED) is 0.465. The normalized spacial score (nSPS) is 13.6. The number of benzene rings is 1. The van der Waals surface area contributed by atoms with Crippen LogP contribution in [0, 0.1) is 0 Å². The molecule has 2 rings (SSSR count). The third-order valence-corrected chi connectivity index (χ3v) is 3.11. The Hall–Kier alpha value is -1.82. The number of fused-ring (bicyclic) bond motifs is 1. The van der Waals surface area contributed by atoms with E-state index >= 15 is 0 Å². The van der Waals surface area contributed by atoms with Crippen LogP contribution in [0.1, 0.15) is 27.1 Å². The van der Waals surface area contributed by atoms with Crippen molar-refractivity contribution in [3.05, 3.63) is 35.4 Å². The Morgan fingerprint density at radius 3 is 2.32 bits per heavy atom. The lowest BCUT2D eigenvalue weighted by molar-refractivity contribution is -0.141. The van der Waals surface area contributed by atoms with Gasteiger partial charge in [-0.25, -0.2) is 0 Å². The molecule has 1 aliphatic rings. The predicted octanol–water partition coefficient (Wildman–Crippen LogP) is 1.54. The minimum Gasteiger partial charge on any atom is -0.455 e. The van der Waals surface area contributed by atoms with Gasteiger partial charge >= 0.3 is 5.97 Å². The van der Waals surface area contributed by atoms with Crippen LogP contribution in [0.3, 0.4) is 0 Å². The molecule has 0 N–H and O–H groups in total. The van der Waals surface area contributed by atoms with Crippen LogP contribution >= 0.6 is 11.8 Å². The van der Waals surface area contributed by atoms with Crippen LogP contribution in [0.4, 0.5) is 0 Å². The van der Waals surface area contributed by atoms with E-state index in [0.717, 1.165) is 4.90 Å². The van der Waals surface area contributed by atoms with Crippen LogP contribution in [0.2, 0.25) is 0 Å². The summed E-state index contributed by atoms with van der Waals surface area (Å²) in [4.78, 5) is 36.4. The molecule has 100 valence electrons. The molecule has 2 amide bonds. The summed E-state index contributed by atoms with van der Waals surface area (Å²) in [7, 11) is 0. The van der Waals surface area contributed by atoms with Crippen LogP contribution in [0.5, 0.6) is 0 Å². The van der Waals surface area contributed by atoms with Crippen LogP contribution in [-0.4, -0.2) is 41.4 Å². The van der Waals surface area contributed by atoms with Gasteiger partial charge in [0.05, 0.1) is 17.5 Å². The second-order valence-electron chi connectivity index (χ2n) is 3.98. The van der Waals surface area contributed by atoms with Crippen molar-refractivity contribution in [1.29, 1.82) is 0 Å². The van der Waals surface area contributed by atoms with Crippen molar-refractivity contribution in [2.45, 2.75) is 6.42 Å². The second kappa shape index (κ2) is 5.88. The molecule has 0 radical (unpaired) electrons. The summed E-state index contributed by atoms with van der Waals surface area (Å²) >= 11 is 1.39. The zero-order valence-corrected chi connectivity index (χ0v) is 11.2. The standard InChI is InChI=1S/C13H13NO4S/c1-19-8-18-11(15)6-7-14-12(16)9-4-2-3-5-10(9)13(14)17/h2-5H,6-8H2,1H3. The number of imide groups is 1. The first-order valence-electron chi connectivity index (χ1n) is 5.75. The highest BCUT2D eigenvalue weighted by molar-refractivity contribution is 7.98. The van der Waals surface area contributed by atoms with E-state index in [0.29, 0.717) is 11.1 Å². The predicted molar refractivity (Wildman–Crippen MR) is 70.9 cm³/mol. The summed E-state index contributed by atoms with van der Waals surface area (Å²) in [5.74, 6) is -0.830. The number of hydrogen-bond acceptors (Lipinski definition) is 5. The first-order chi connectivity index (χ1) is 9.15. The van der Waals surface area contributed by atoms with Crippen molar-refractivity contribution in [2.75, 3.05) is 18.7 Å².